The van der Waals surface area contributed by atoms with Crippen LogP contribution >= 0.6 is 0 Å². The van der Waals surface area contributed by atoms with Crippen molar-refractivity contribution in [1.82, 2.24) is 20.0 Å². The number of hydrogen-bond acceptors (Lipinski definition) is 3. The minimum absolute atomic E-state index is 0.0218. The topological polar surface area (TPSA) is 67.2 Å². The van der Waals surface area contributed by atoms with Crippen LogP contribution in [-0.4, -0.2) is 39.1 Å². The summed E-state index contributed by atoms with van der Waals surface area (Å²) in [7, 11) is 0. The summed E-state index contributed by atoms with van der Waals surface area (Å²) >= 11 is 0. The fourth-order valence-corrected chi connectivity index (χ4v) is 2.57. The number of aromatic nitrogens is 2. The molecule has 1 aliphatic carbocycles. The monoisotopic (exact) mass is 276 g/mol. The predicted octanol–water partition coefficient (Wildman–Crippen LogP) is 0.845. The Morgan fingerprint density at radius 3 is 2.95 bits per heavy atom. The lowest BCUT2D eigenvalue weighted by atomic mass is 10.1. The lowest BCUT2D eigenvalue weighted by Gasteiger charge is -2.33. The zero-order valence-electron chi connectivity index (χ0n) is 11.7. The summed E-state index contributed by atoms with van der Waals surface area (Å²) in [6.45, 7) is 2.96. The number of carbonyl (C=O) groups is 2. The summed E-state index contributed by atoms with van der Waals surface area (Å²) in [6.07, 6.45) is 5.17. The van der Waals surface area contributed by atoms with E-state index in [9.17, 15) is 9.59 Å². The Morgan fingerprint density at radius 1 is 1.45 bits per heavy atom. The van der Waals surface area contributed by atoms with Gasteiger partial charge in [-0.2, -0.15) is 5.10 Å². The molecule has 2 amide bonds. The first-order valence-electron chi connectivity index (χ1n) is 7.29. The van der Waals surface area contributed by atoms with Gasteiger partial charge in [0.05, 0.1) is 18.8 Å². The highest BCUT2D eigenvalue weighted by Gasteiger charge is 2.35. The van der Waals surface area contributed by atoms with Crippen LogP contribution in [-0.2, 0) is 16.1 Å². The summed E-state index contributed by atoms with van der Waals surface area (Å²) in [6, 6.07) is 1.81. The number of fused-ring (bicyclic) bond motifs is 1. The number of hydrogen-bond donors (Lipinski definition) is 1. The van der Waals surface area contributed by atoms with Gasteiger partial charge in [0.15, 0.2) is 0 Å². The summed E-state index contributed by atoms with van der Waals surface area (Å²) in [5.74, 6) is 0.0932. The van der Waals surface area contributed by atoms with Crippen molar-refractivity contribution in [1.29, 1.82) is 0 Å². The summed E-state index contributed by atoms with van der Waals surface area (Å²) in [4.78, 5) is 26.2. The molecule has 0 radical (unpaired) electrons. The fourth-order valence-electron chi connectivity index (χ4n) is 2.57. The van der Waals surface area contributed by atoms with E-state index in [0.29, 0.717) is 25.6 Å². The van der Waals surface area contributed by atoms with Gasteiger partial charge in [0.1, 0.15) is 6.04 Å². The van der Waals surface area contributed by atoms with E-state index in [4.69, 9.17) is 0 Å². The molecule has 0 unspecified atom stereocenters. The average molecular weight is 276 g/mol. The van der Waals surface area contributed by atoms with E-state index < -0.39 is 6.04 Å². The lowest BCUT2D eigenvalue weighted by molar-refractivity contribution is -0.135. The highest BCUT2D eigenvalue weighted by Crippen LogP contribution is 2.24. The molecule has 1 fully saturated rings. The maximum absolute atomic E-state index is 12.3. The van der Waals surface area contributed by atoms with Crippen molar-refractivity contribution in [2.24, 2.45) is 0 Å². The third kappa shape index (κ3) is 2.55. The van der Waals surface area contributed by atoms with Crippen molar-refractivity contribution in [3.63, 3.8) is 0 Å². The zero-order chi connectivity index (χ0) is 14.1. The summed E-state index contributed by atoms with van der Waals surface area (Å²) in [5.41, 5.74) is 0.927. The molecule has 6 heteroatoms. The molecular formula is C14H20N4O2. The van der Waals surface area contributed by atoms with Crippen molar-refractivity contribution in [2.45, 2.75) is 51.2 Å². The highest BCUT2D eigenvalue weighted by molar-refractivity contribution is 5.83. The predicted molar refractivity (Wildman–Crippen MR) is 72.8 cm³/mol. The Balaban J connectivity index is 1.77. The second-order valence-corrected chi connectivity index (χ2v) is 5.59. The second kappa shape index (κ2) is 5.26. The van der Waals surface area contributed by atoms with E-state index in [2.05, 4.69) is 10.4 Å². The van der Waals surface area contributed by atoms with Crippen LogP contribution in [0.3, 0.4) is 0 Å². The SMILES string of the molecule is CCCC(=O)N1Cc2ccnn2[C@@H](C(=O)NC2CC2)C1. The van der Waals surface area contributed by atoms with E-state index in [1.165, 1.54) is 0 Å². The summed E-state index contributed by atoms with van der Waals surface area (Å²) < 4.78 is 1.76. The van der Waals surface area contributed by atoms with Crippen molar-refractivity contribution in [3.8, 4) is 0 Å². The van der Waals surface area contributed by atoms with Gasteiger partial charge in [-0.05, 0) is 25.3 Å². The van der Waals surface area contributed by atoms with Crippen molar-refractivity contribution in [2.75, 3.05) is 6.54 Å². The number of amides is 2. The van der Waals surface area contributed by atoms with Crippen LogP contribution < -0.4 is 5.32 Å². The lowest BCUT2D eigenvalue weighted by Crippen LogP contribution is -2.47. The molecule has 1 aliphatic heterocycles. The smallest absolute Gasteiger partial charge is 0.246 e. The Labute approximate surface area is 118 Å². The number of carbonyl (C=O) groups excluding carboxylic acids is 2. The maximum Gasteiger partial charge on any atom is 0.246 e. The number of nitrogens with one attached hydrogen (secondary N) is 1. The summed E-state index contributed by atoms with van der Waals surface area (Å²) in [5, 5.41) is 7.25. The minimum atomic E-state index is -0.393. The van der Waals surface area contributed by atoms with E-state index in [-0.39, 0.29) is 11.8 Å². The molecule has 0 bridgehead atoms. The zero-order valence-corrected chi connectivity index (χ0v) is 11.7. The molecule has 0 saturated heterocycles. The first-order valence-corrected chi connectivity index (χ1v) is 7.29. The molecule has 1 aromatic rings. The van der Waals surface area contributed by atoms with Crippen LogP contribution in [0.5, 0.6) is 0 Å². The third-order valence-electron chi connectivity index (χ3n) is 3.84. The van der Waals surface area contributed by atoms with Crippen molar-refractivity contribution in [3.05, 3.63) is 18.0 Å². The normalized spacial score (nSPS) is 21.4. The second-order valence-electron chi connectivity index (χ2n) is 5.59. The fraction of sp³-hybridized carbons (Fsp3) is 0.643. The van der Waals surface area contributed by atoms with Gasteiger partial charge in [0.2, 0.25) is 11.8 Å². The van der Waals surface area contributed by atoms with Crippen LogP contribution in [0.4, 0.5) is 0 Å². The standard InChI is InChI=1S/C14H20N4O2/c1-2-3-13(19)17-8-11-6-7-15-18(11)12(9-17)14(20)16-10-4-5-10/h6-7,10,12H,2-5,8-9H2,1H3,(H,16,20)/t12-/m1/s1. The Morgan fingerprint density at radius 2 is 2.25 bits per heavy atom. The van der Waals surface area contributed by atoms with Gasteiger partial charge in [-0.3, -0.25) is 14.3 Å². The van der Waals surface area contributed by atoms with Gasteiger partial charge in [-0.25, -0.2) is 0 Å². The molecular weight excluding hydrogens is 256 g/mol. The molecule has 1 atom stereocenters. The molecule has 0 spiro atoms. The molecule has 3 rings (SSSR count). The van der Waals surface area contributed by atoms with Gasteiger partial charge in [0, 0.05) is 18.7 Å². The van der Waals surface area contributed by atoms with Crippen LogP contribution in [0.2, 0.25) is 0 Å². The largest absolute Gasteiger partial charge is 0.351 e. The van der Waals surface area contributed by atoms with Gasteiger partial charge in [0.25, 0.3) is 0 Å². The molecule has 108 valence electrons. The van der Waals surface area contributed by atoms with E-state index >= 15 is 0 Å². The van der Waals surface area contributed by atoms with Gasteiger partial charge in [-0.15, -0.1) is 0 Å². The van der Waals surface area contributed by atoms with Crippen LogP contribution in [0, 0.1) is 0 Å². The minimum Gasteiger partial charge on any atom is -0.351 e. The average Bonchev–Trinajstić information content (AvgIpc) is 3.12. The van der Waals surface area contributed by atoms with Gasteiger partial charge >= 0.3 is 0 Å². The molecule has 2 aliphatic rings. The quantitative estimate of drug-likeness (QED) is 0.886. The third-order valence-corrected chi connectivity index (χ3v) is 3.84. The van der Waals surface area contributed by atoms with Gasteiger partial charge < -0.3 is 10.2 Å². The first kappa shape index (κ1) is 13.1. The Bertz CT molecular complexity index is 521. The van der Waals surface area contributed by atoms with Crippen molar-refractivity contribution >= 4 is 11.8 Å². The van der Waals surface area contributed by atoms with Crippen LogP contribution in [0.1, 0.15) is 44.3 Å². The van der Waals surface area contributed by atoms with E-state index in [1.54, 1.807) is 15.8 Å². The van der Waals surface area contributed by atoms with Crippen LogP contribution in [0.25, 0.3) is 0 Å². The molecule has 1 aromatic heterocycles. The maximum atomic E-state index is 12.3. The number of nitrogens with zero attached hydrogens (tertiary/aromatic N) is 3. The molecule has 1 N–H and O–H groups in total. The van der Waals surface area contributed by atoms with Gasteiger partial charge in [-0.1, -0.05) is 6.92 Å². The van der Waals surface area contributed by atoms with Crippen LogP contribution in [0.15, 0.2) is 12.3 Å². The molecule has 1 saturated carbocycles. The Kier molecular flexibility index (Phi) is 3.46. The Hall–Kier alpha value is -1.85. The van der Waals surface area contributed by atoms with E-state index in [0.717, 1.165) is 25.0 Å². The number of rotatable bonds is 4. The van der Waals surface area contributed by atoms with Crippen molar-refractivity contribution < 1.29 is 9.59 Å². The molecule has 6 nitrogen and oxygen atoms in total. The first-order chi connectivity index (χ1) is 9.69. The molecule has 2 heterocycles. The van der Waals surface area contributed by atoms with E-state index in [1.807, 2.05) is 13.0 Å². The highest BCUT2D eigenvalue weighted by atomic mass is 16.2. The molecule has 0 aromatic carbocycles. The molecule has 20 heavy (non-hydrogen) atoms.